The Balaban J connectivity index is 1.46. The predicted molar refractivity (Wildman–Crippen MR) is 126 cm³/mol. The van der Waals surface area contributed by atoms with Crippen molar-refractivity contribution in [3.63, 3.8) is 0 Å². The Labute approximate surface area is 196 Å². The number of aromatic hydroxyl groups is 1. The molecule has 4 N–H and O–H groups in total. The van der Waals surface area contributed by atoms with E-state index in [4.69, 9.17) is 9.47 Å². The van der Waals surface area contributed by atoms with Crippen molar-refractivity contribution in [1.82, 2.24) is 15.3 Å². The fourth-order valence-electron chi connectivity index (χ4n) is 3.04. The summed E-state index contributed by atoms with van der Waals surface area (Å²) in [6.45, 7) is 2.55. The monoisotopic (exact) mass is 463 g/mol. The Morgan fingerprint density at radius 2 is 1.88 bits per heavy atom. The van der Waals surface area contributed by atoms with Crippen molar-refractivity contribution < 1.29 is 24.2 Å². The molecule has 1 aromatic heterocycles. The molecule has 1 aliphatic rings. The predicted octanol–water partition coefficient (Wildman–Crippen LogP) is 4.34. The number of phenolic OH excluding ortho intramolecular Hbond substituents is 1. The number of rotatable bonds is 9. The third kappa shape index (κ3) is 6.35. The Bertz CT molecular complexity index is 1160. The summed E-state index contributed by atoms with van der Waals surface area (Å²) in [5, 5.41) is 18.5. The molecule has 0 bridgehead atoms. The van der Waals surface area contributed by atoms with Gasteiger partial charge in [0.05, 0.1) is 6.61 Å². The molecule has 1 aliphatic carbocycles. The second kappa shape index (κ2) is 10.5. The van der Waals surface area contributed by atoms with Gasteiger partial charge < -0.3 is 30.5 Å². The summed E-state index contributed by atoms with van der Waals surface area (Å²) >= 11 is 0. The van der Waals surface area contributed by atoms with Crippen LogP contribution in [0.15, 0.2) is 54.7 Å². The highest BCUT2D eigenvalue weighted by Gasteiger charge is 2.22. The number of hydrogen-bond acceptors (Lipinski definition) is 9. The number of phenols is 1. The summed E-state index contributed by atoms with van der Waals surface area (Å²) in [6, 6.07) is 13.2. The highest BCUT2D eigenvalue weighted by Crippen LogP contribution is 2.28. The van der Waals surface area contributed by atoms with Gasteiger partial charge in [0, 0.05) is 30.2 Å². The normalized spacial score (nSPS) is 12.5. The highest BCUT2D eigenvalue weighted by atomic mass is 16.6. The zero-order chi connectivity index (χ0) is 23.9. The number of amides is 1. The molecule has 34 heavy (non-hydrogen) atoms. The molecule has 0 unspecified atom stereocenters. The van der Waals surface area contributed by atoms with E-state index in [2.05, 4.69) is 25.9 Å². The van der Waals surface area contributed by atoms with E-state index >= 15 is 0 Å². The van der Waals surface area contributed by atoms with E-state index in [0.29, 0.717) is 29.6 Å². The van der Waals surface area contributed by atoms with Crippen LogP contribution in [0.3, 0.4) is 0 Å². The minimum Gasteiger partial charge on any atom is -0.508 e. The minimum atomic E-state index is -0.571. The van der Waals surface area contributed by atoms with Crippen LogP contribution in [0.25, 0.3) is 0 Å². The maximum atomic E-state index is 12.3. The molecule has 0 radical (unpaired) electrons. The first-order chi connectivity index (χ1) is 16.5. The van der Waals surface area contributed by atoms with Gasteiger partial charge in [-0.2, -0.15) is 4.98 Å². The van der Waals surface area contributed by atoms with Gasteiger partial charge in [-0.3, -0.25) is 0 Å². The number of ether oxygens (including phenoxy) is 2. The first-order valence-corrected chi connectivity index (χ1v) is 10.9. The van der Waals surface area contributed by atoms with Gasteiger partial charge in [-0.25, -0.2) is 14.6 Å². The molecule has 176 valence electrons. The van der Waals surface area contributed by atoms with Gasteiger partial charge in [-0.1, -0.05) is 6.07 Å². The Morgan fingerprint density at radius 3 is 2.59 bits per heavy atom. The van der Waals surface area contributed by atoms with Crippen molar-refractivity contribution in [3.05, 3.63) is 60.3 Å². The van der Waals surface area contributed by atoms with Gasteiger partial charge in [0.15, 0.2) is 5.82 Å². The molecule has 0 atom stereocenters. The topological polar surface area (TPSA) is 135 Å². The molecule has 1 fully saturated rings. The molecular weight excluding hydrogens is 438 g/mol. The standard InChI is InChI=1S/C24H25N5O5/c1-2-33-22(31)20-14-25-23(29-21(20)27-17-4-3-5-18(30)12-17)28-16-8-10-19(11-9-16)34-24(32)26-13-15-6-7-15/h3-5,8-12,14-15,30H,2,6-7,13H2,1H3,(H,26,32)(H2,25,27,28,29). The Morgan fingerprint density at radius 1 is 1.09 bits per heavy atom. The lowest BCUT2D eigenvalue weighted by molar-refractivity contribution is 0.0526. The molecule has 1 saturated carbocycles. The van der Waals surface area contributed by atoms with E-state index in [-0.39, 0.29) is 29.7 Å². The van der Waals surface area contributed by atoms with E-state index in [1.165, 1.54) is 18.3 Å². The lowest BCUT2D eigenvalue weighted by Crippen LogP contribution is -2.28. The lowest BCUT2D eigenvalue weighted by Gasteiger charge is -2.13. The van der Waals surface area contributed by atoms with Gasteiger partial charge in [-0.15, -0.1) is 0 Å². The van der Waals surface area contributed by atoms with Crippen LogP contribution in [-0.4, -0.2) is 40.3 Å². The van der Waals surface area contributed by atoms with E-state index in [1.54, 1.807) is 43.3 Å². The summed E-state index contributed by atoms with van der Waals surface area (Å²) in [6.07, 6.45) is 3.18. The Kier molecular flexibility index (Phi) is 7.07. The molecule has 0 saturated heterocycles. The van der Waals surface area contributed by atoms with Crippen LogP contribution in [0.1, 0.15) is 30.1 Å². The lowest BCUT2D eigenvalue weighted by atomic mass is 10.2. The number of aromatic nitrogens is 2. The molecule has 4 rings (SSSR count). The number of carbonyl (C=O) groups excluding carboxylic acids is 2. The van der Waals surface area contributed by atoms with Crippen molar-refractivity contribution in [2.24, 2.45) is 5.92 Å². The van der Waals surface area contributed by atoms with Crippen molar-refractivity contribution >= 4 is 35.2 Å². The largest absolute Gasteiger partial charge is 0.508 e. The molecule has 3 aromatic rings. The molecule has 10 nitrogen and oxygen atoms in total. The number of nitrogens with one attached hydrogen (secondary N) is 3. The van der Waals surface area contributed by atoms with Crippen LogP contribution in [0.5, 0.6) is 11.5 Å². The number of hydrogen-bond donors (Lipinski definition) is 4. The van der Waals surface area contributed by atoms with Gasteiger partial charge >= 0.3 is 12.1 Å². The van der Waals surface area contributed by atoms with Crippen LogP contribution >= 0.6 is 0 Å². The van der Waals surface area contributed by atoms with Gasteiger partial charge in [-0.05, 0) is 62.1 Å². The smallest absolute Gasteiger partial charge is 0.412 e. The van der Waals surface area contributed by atoms with E-state index in [1.807, 2.05) is 0 Å². The first-order valence-electron chi connectivity index (χ1n) is 10.9. The maximum absolute atomic E-state index is 12.3. The van der Waals surface area contributed by atoms with Crippen LogP contribution < -0.4 is 20.7 Å². The summed E-state index contributed by atoms with van der Waals surface area (Å²) in [4.78, 5) is 32.8. The van der Waals surface area contributed by atoms with Crippen LogP contribution in [0.4, 0.5) is 27.9 Å². The number of nitrogens with zero attached hydrogens (tertiary/aromatic N) is 2. The van der Waals surface area contributed by atoms with E-state index < -0.39 is 12.1 Å². The molecule has 0 aliphatic heterocycles. The fourth-order valence-corrected chi connectivity index (χ4v) is 3.04. The van der Waals surface area contributed by atoms with E-state index in [9.17, 15) is 14.7 Å². The Hall–Kier alpha value is -4.34. The van der Waals surface area contributed by atoms with Crippen LogP contribution in [0, 0.1) is 5.92 Å². The molecule has 2 aromatic carbocycles. The first kappa shape index (κ1) is 22.8. The summed E-state index contributed by atoms with van der Waals surface area (Å²) in [5.41, 5.74) is 1.34. The molecule has 0 spiro atoms. The highest BCUT2D eigenvalue weighted by molar-refractivity contribution is 5.95. The summed E-state index contributed by atoms with van der Waals surface area (Å²) in [7, 11) is 0. The quantitative estimate of drug-likeness (QED) is 0.342. The van der Waals surface area contributed by atoms with Gasteiger partial charge in [0.25, 0.3) is 0 Å². The van der Waals surface area contributed by atoms with E-state index in [0.717, 1.165) is 12.8 Å². The second-order valence-corrected chi connectivity index (χ2v) is 7.71. The zero-order valence-electron chi connectivity index (χ0n) is 18.6. The van der Waals surface area contributed by atoms with Crippen molar-refractivity contribution in [1.29, 1.82) is 0 Å². The van der Waals surface area contributed by atoms with Crippen molar-refractivity contribution in [2.75, 3.05) is 23.8 Å². The van der Waals surface area contributed by atoms with Crippen molar-refractivity contribution in [3.8, 4) is 11.5 Å². The number of carbonyl (C=O) groups is 2. The summed E-state index contributed by atoms with van der Waals surface area (Å²) in [5.74, 6) is 0.919. The average molecular weight is 463 g/mol. The third-order valence-corrected chi connectivity index (χ3v) is 4.95. The third-order valence-electron chi connectivity index (χ3n) is 4.95. The zero-order valence-corrected chi connectivity index (χ0v) is 18.6. The molecular formula is C24H25N5O5. The van der Waals surface area contributed by atoms with Crippen LogP contribution in [0.2, 0.25) is 0 Å². The van der Waals surface area contributed by atoms with Crippen LogP contribution in [-0.2, 0) is 4.74 Å². The minimum absolute atomic E-state index is 0.0682. The number of benzene rings is 2. The van der Waals surface area contributed by atoms with Crippen molar-refractivity contribution in [2.45, 2.75) is 19.8 Å². The van der Waals surface area contributed by atoms with Gasteiger partial charge in [0.2, 0.25) is 5.95 Å². The summed E-state index contributed by atoms with van der Waals surface area (Å²) < 4.78 is 10.4. The number of anilines is 4. The fraction of sp³-hybridized carbons (Fsp3) is 0.250. The molecule has 10 heteroatoms. The van der Waals surface area contributed by atoms with Gasteiger partial charge in [0.1, 0.15) is 17.1 Å². The number of esters is 1. The second-order valence-electron chi connectivity index (χ2n) is 7.71. The maximum Gasteiger partial charge on any atom is 0.412 e. The SMILES string of the molecule is CCOC(=O)c1cnc(Nc2ccc(OC(=O)NCC3CC3)cc2)nc1Nc1cccc(O)c1. The molecule has 1 heterocycles. The average Bonchev–Trinajstić information content (AvgIpc) is 3.64. The molecule has 1 amide bonds.